The molecule has 1 aromatic heterocycles. The molecule has 4 rings (SSSR count). The fraction of sp³-hybridized carbons (Fsp3) is 0.333. The molecule has 0 fully saturated rings. The number of carbonyl (C=O) groups is 2. The molecule has 0 bridgehead atoms. The summed E-state index contributed by atoms with van der Waals surface area (Å²) in [6, 6.07) is -0.670. The van der Waals surface area contributed by atoms with Crippen molar-refractivity contribution in [3.05, 3.63) is 26.5 Å². The molecule has 0 radical (unpaired) electrons. The van der Waals surface area contributed by atoms with Gasteiger partial charge in [0.25, 0.3) is 0 Å². The highest BCUT2D eigenvalue weighted by molar-refractivity contribution is 8.15. The number of aliphatic imine (C=N–C) groups is 1. The average Bonchev–Trinajstić information content (AvgIpc) is 3.11. The van der Waals surface area contributed by atoms with Gasteiger partial charge in [0.1, 0.15) is 15.8 Å². The van der Waals surface area contributed by atoms with Crippen LogP contribution in [-0.4, -0.2) is 38.7 Å². The number of hydrogen-bond donors (Lipinski definition) is 1. The van der Waals surface area contributed by atoms with Crippen molar-refractivity contribution in [2.75, 3.05) is 5.75 Å². The summed E-state index contributed by atoms with van der Waals surface area (Å²) in [7, 11) is 0. The van der Waals surface area contributed by atoms with Gasteiger partial charge in [-0.15, -0.1) is 23.1 Å². The molecular formula is C15H12N2O3S2. The second-order valence-electron chi connectivity index (χ2n) is 5.44. The van der Waals surface area contributed by atoms with Gasteiger partial charge in [0, 0.05) is 24.5 Å². The summed E-state index contributed by atoms with van der Waals surface area (Å²) in [5, 5.41) is 11.4. The normalized spacial score (nSPS) is 26.3. The zero-order valence-electron chi connectivity index (χ0n) is 11.5. The Morgan fingerprint density at radius 2 is 2.27 bits per heavy atom. The SMILES string of the molecule is O=C1CC=C2C=c3nc(C4=N[C@@H](C(=O)O)CS4)sc3=CC2C1. The first-order valence-electron chi connectivity index (χ1n) is 6.96. The Balaban J connectivity index is 1.74. The lowest BCUT2D eigenvalue weighted by Gasteiger charge is -2.19. The van der Waals surface area contributed by atoms with Gasteiger partial charge in [-0.3, -0.25) is 9.79 Å². The third-order valence-electron chi connectivity index (χ3n) is 3.90. The number of aliphatic carboxylic acids is 1. The summed E-state index contributed by atoms with van der Waals surface area (Å²) in [5.74, 6) is 0.000170. The van der Waals surface area contributed by atoms with Crippen LogP contribution < -0.4 is 9.88 Å². The third-order valence-corrected chi connectivity index (χ3v) is 6.12. The van der Waals surface area contributed by atoms with E-state index in [4.69, 9.17) is 5.11 Å². The number of thioether (sulfide) groups is 1. The van der Waals surface area contributed by atoms with E-state index in [2.05, 4.69) is 16.1 Å². The van der Waals surface area contributed by atoms with Gasteiger partial charge in [-0.1, -0.05) is 12.2 Å². The Bertz CT molecular complexity index is 866. The highest BCUT2D eigenvalue weighted by Gasteiger charge is 2.27. The smallest absolute Gasteiger partial charge is 0.329 e. The molecule has 2 aliphatic carbocycles. The van der Waals surface area contributed by atoms with Crippen LogP contribution in [0.4, 0.5) is 0 Å². The molecule has 2 heterocycles. The van der Waals surface area contributed by atoms with Crippen molar-refractivity contribution in [3.63, 3.8) is 0 Å². The quantitative estimate of drug-likeness (QED) is 0.856. The minimum absolute atomic E-state index is 0.159. The molecule has 7 heteroatoms. The molecule has 0 saturated heterocycles. The van der Waals surface area contributed by atoms with E-state index in [9.17, 15) is 9.59 Å². The average molecular weight is 332 g/mol. The topological polar surface area (TPSA) is 79.6 Å². The Kier molecular flexibility index (Phi) is 3.27. The van der Waals surface area contributed by atoms with E-state index in [0.29, 0.717) is 23.6 Å². The number of ketones is 1. The van der Waals surface area contributed by atoms with Crippen LogP contribution in [0, 0.1) is 5.92 Å². The van der Waals surface area contributed by atoms with Crippen molar-refractivity contribution in [2.24, 2.45) is 10.9 Å². The molecule has 5 nitrogen and oxygen atoms in total. The van der Waals surface area contributed by atoms with Crippen LogP contribution in [0.25, 0.3) is 12.2 Å². The Labute approximate surface area is 134 Å². The second kappa shape index (κ2) is 5.17. The zero-order valence-corrected chi connectivity index (χ0v) is 13.1. The van der Waals surface area contributed by atoms with Gasteiger partial charge in [-0.25, -0.2) is 9.78 Å². The fourth-order valence-electron chi connectivity index (χ4n) is 2.77. The Hall–Kier alpha value is -1.73. The molecule has 0 aromatic carbocycles. The molecule has 1 aromatic rings. The van der Waals surface area contributed by atoms with Crippen LogP contribution in [0.3, 0.4) is 0 Å². The molecule has 1 N–H and O–H groups in total. The number of rotatable bonds is 2. The summed E-state index contributed by atoms with van der Waals surface area (Å²) < 4.78 is 1.05. The van der Waals surface area contributed by atoms with E-state index in [1.165, 1.54) is 23.1 Å². The number of carboxylic acid groups (broad SMARTS) is 1. The van der Waals surface area contributed by atoms with Gasteiger partial charge < -0.3 is 5.11 Å². The molecule has 0 saturated carbocycles. The van der Waals surface area contributed by atoms with Crippen LogP contribution in [0.1, 0.15) is 17.8 Å². The minimum Gasteiger partial charge on any atom is -0.480 e. The first kappa shape index (κ1) is 13.9. The van der Waals surface area contributed by atoms with Gasteiger partial charge >= 0.3 is 5.97 Å². The molecule has 1 unspecified atom stereocenters. The summed E-state index contributed by atoms with van der Waals surface area (Å²) in [6.07, 6.45) is 7.20. The van der Waals surface area contributed by atoms with E-state index in [1.54, 1.807) is 0 Å². The van der Waals surface area contributed by atoms with Crippen LogP contribution in [-0.2, 0) is 9.59 Å². The molecule has 0 amide bonds. The summed E-state index contributed by atoms with van der Waals surface area (Å²) >= 11 is 2.96. The summed E-state index contributed by atoms with van der Waals surface area (Å²) in [5.41, 5.74) is 1.16. The highest BCUT2D eigenvalue weighted by Crippen LogP contribution is 2.28. The van der Waals surface area contributed by atoms with Crippen molar-refractivity contribution in [1.82, 2.24) is 4.98 Å². The Morgan fingerprint density at radius 3 is 3.05 bits per heavy atom. The van der Waals surface area contributed by atoms with Gasteiger partial charge in [0.2, 0.25) is 0 Å². The van der Waals surface area contributed by atoms with Gasteiger partial charge in [-0.05, 0) is 11.6 Å². The number of hydrogen-bond acceptors (Lipinski definition) is 6. The number of carboxylic acids is 1. The predicted molar refractivity (Wildman–Crippen MR) is 86.5 cm³/mol. The molecular weight excluding hydrogens is 320 g/mol. The number of thiazole rings is 1. The van der Waals surface area contributed by atoms with Gasteiger partial charge in [-0.2, -0.15) is 0 Å². The van der Waals surface area contributed by atoms with E-state index in [-0.39, 0.29) is 11.7 Å². The van der Waals surface area contributed by atoms with Crippen molar-refractivity contribution in [2.45, 2.75) is 18.9 Å². The highest BCUT2D eigenvalue weighted by atomic mass is 32.2. The molecule has 0 spiro atoms. The largest absolute Gasteiger partial charge is 0.480 e. The third kappa shape index (κ3) is 2.34. The number of fused-ring (bicyclic) bond motifs is 2. The zero-order chi connectivity index (χ0) is 15.3. The lowest BCUT2D eigenvalue weighted by atomic mass is 9.85. The monoisotopic (exact) mass is 332 g/mol. The van der Waals surface area contributed by atoms with Gasteiger partial charge in [0.15, 0.2) is 6.04 Å². The summed E-state index contributed by atoms with van der Waals surface area (Å²) in [4.78, 5) is 31.4. The molecule has 1 aliphatic heterocycles. The fourth-order valence-corrected chi connectivity index (χ4v) is 4.91. The van der Waals surface area contributed by atoms with Crippen LogP contribution in [0.15, 0.2) is 16.6 Å². The second-order valence-corrected chi connectivity index (χ2v) is 7.48. The lowest BCUT2D eigenvalue weighted by molar-refractivity contribution is -0.137. The number of allylic oxidation sites excluding steroid dienone is 2. The van der Waals surface area contributed by atoms with Crippen LogP contribution >= 0.6 is 23.1 Å². The number of aromatic nitrogens is 1. The maximum atomic E-state index is 11.6. The van der Waals surface area contributed by atoms with Crippen molar-refractivity contribution >= 4 is 52.0 Å². The first-order valence-corrected chi connectivity index (χ1v) is 8.76. The van der Waals surface area contributed by atoms with Crippen molar-refractivity contribution in [1.29, 1.82) is 0 Å². The number of carbonyl (C=O) groups excluding carboxylic acids is 1. The van der Waals surface area contributed by atoms with Gasteiger partial charge in [0.05, 0.1) is 9.88 Å². The maximum Gasteiger partial charge on any atom is 0.329 e. The van der Waals surface area contributed by atoms with Crippen LogP contribution in [0.5, 0.6) is 0 Å². The number of Topliss-reactive ketones (excluding diaryl/α,β-unsaturated/α-hetero) is 1. The van der Waals surface area contributed by atoms with E-state index >= 15 is 0 Å². The van der Waals surface area contributed by atoms with E-state index in [0.717, 1.165) is 20.5 Å². The number of nitrogens with zero attached hydrogens (tertiary/aromatic N) is 2. The van der Waals surface area contributed by atoms with Crippen molar-refractivity contribution < 1.29 is 14.7 Å². The lowest BCUT2D eigenvalue weighted by Crippen LogP contribution is -2.29. The first-order chi connectivity index (χ1) is 10.6. The van der Waals surface area contributed by atoms with Crippen LogP contribution in [0.2, 0.25) is 0 Å². The Morgan fingerprint density at radius 1 is 1.41 bits per heavy atom. The van der Waals surface area contributed by atoms with Crippen molar-refractivity contribution in [3.8, 4) is 0 Å². The molecule has 112 valence electrons. The molecule has 2 atom stereocenters. The maximum absolute atomic E-state index is 11.6. The molecule has 3 aliphatic rings. The van der Waals surface area contributed by atoms with E-state index < -0.39 is 12.0 Å². The van der Waals surface area contributed by atoms with E-state index in [1.807, 2.05) is 12.2 Å². The minimum atomic E-state index is -0.892. The molecule has 22 heavy (non-hydrogen) atoms. The predicted octanol–water partition coefficient (Wildman–Crippen LogP) is 0.570. The standard InChI is InChI=1S/C15H12N2O3S2/c18-9-2-1-7-4-10-12(5-8(7)3-9)22-14(16-10)13-17-11(6-21-13)15(19)20/h1,4-5,8,11H,2-3,6H2,(H,19,20)/t8?,11-/m1/s1. The summed E-state index contributed by atoms with van der Waals surface area (Å²) in [6.45, 7) is 0.